The number of hydrogen-bond donors (Lipinski definition) is 2. The Morgan fingerprint density at radius 3 is 2.15 bits per heavy atom. The molecule has 0 unspecified atom stereocenters. The monoisotopic (exact) mass is 178 g/mol. The van der Waals surface area contributed by atoms with E-state index in [2.05, 4.69) is 16.8 Å². The summed E-state index contributed by atoms with van der Waals surface area (Å²) in [5.74, 6) is 0. The lowest BCUT2D eigenvalue weighted by atomic mass is 10.1. The zero-order valence-electron chi connectivity index (χ0n) is 7.26. The minimum absolute atomic E-state index is 0.293. The molecule has 1 aromatic rings. The minimum Gasteiger partial charge on any atom is -0.267 e. The maximum Gasteiger partial charge on any atom is 0.270 e. The fourth-order valence-corrected chi connectivity index (χ4v) is 1.03. The van der Waals surface area contributed by atoms with E-state index in [0.717, 1.165) is 0 Å². The molecule has 0 aliphatic rings. The molecule has 13 heavy (non-hydrogen) atoms. The van der Waals surface area contributed by atoms with E-state index in [9.17, 15) is 9.59 Å². The number of aromatic nitrogens is 2. The van der Waals surface area contributed by atoms with Gasteiger partial charge in [0.1, 0.15) is 0 Å². The zero-order valence-corrected chi connectivity index (χ0v) is 7.26. The van der Waals surface area contributed by atoms with Gasteiger partial charge in [0.25, 0.3) is 11.1 Å². The summed E-state index contributed by atoms with van der Waals surface area (Å²) in [6.07, 6.45) is 4.63. The van der Waals surface area contributed by atoms with Crippen molar-refractivity contribution in [1.82, 2.24) is 10.2 Å². The van der Waals surface area contributed by atoms with Crippen molar-refractivity contribution in [1.29, 1.82) is 0 Å². The molecule has 0 bridgehead atoms. The molecule has 0 aliphatic carbocycles. The van der Waals surface area contributed by atoms with Crippen molar-refractivity contribution in [3.8, 4) is 0 Å². The number of aromatic amines is 2. The first-order valence-electron chi connectivity index (χ1n) is 3.80. The number of nitrogens with one attached hydrogen (secondary N) is 2. The van der Waals surface area contributed by atoms with Crippen molar-refractivity contribution < 1.29 is 0 Å². The van der Waals surface area contributed by atoms with Crippen LogP contribution in [-0.2, 0) is 0 Å². The molecule has 0 aromatic carbocycles. The van der Waals surface area contributed by atoms with E-state index >= 15 is 0 Å². The Hall–Kier alpha value is -1.84. The molecule has 2 N–H and O–H groups in total. The van der Waals surface area contributed by atoms with E-state index in [1.807, 2.05) is 0 Å². The van der Waals surface area contributed by atoms with Gasteiger partial charge in [-0.2, -0.15) is 0 Å². The summed E-state index contributed by atoms with van der Waals surface area (Å²) in [5.41, 5.74) is -0.0431. The number of H-pyrrole nitrogens is 2. The van der Waals surface area contributed by atoms with Crippen LogP contribution < -0.4 is 11.1 Å². The summed E-state index contributed by atoms with van der Waals surface area (Å²) in [5, 5.41) is 4.46. The summed E-state index contributed by atoms with van der Waals surface area (Å²) in [4.78, 5) is 22.4. The van der Waals surface area contributed by atoms with Gasteiger partial charge in [-0.05, 0) is 6.92 Å². The van der Waals surface area contributed by atoms with Crippen LogP contribution in [0.4, 0.5) is 0 Å². The number of allylic oxidation sites excluding steroid dienone is 1. The SMILES string of the molecule is C=Cc1c(/C=C\C)c(=O)[nH][nH]c1=O. The first-order chi connectivity index (χ1) is 6.20. The van der Waals surface area contributed by atoms with E-state index < -0.39 is 0 Å². The number of hydrogen-bond acceptors (Lipinski definition) is 2. The van der Waals surface area contributed by atoms with Crippen LogP contribution in [0.1, 0.15) is 18.1 Å². The summed E-state index contributed by atoms with van der Waals surface area (Å²) >= 11 is 0. The molecule has 0 saturated carbocycles. The molecular weight excluding hydrogens is 168 g/mol. The van der Waals surface area contributed by atoms with E-state index in [0.29, 0.717) is 11.1 Å². The van der Waals surface area contributed by atoms with Crippen LogP contribution >= 0.6 is 0 Å². The normalized spacial score (nSPS) is 10.5. The highest BCUT2D eigenvalue weighted by atomic mass is 16.1. The Kier molecular flexibility index (Phi) is 2.64. The molecule has 4 nitrogen and oxygen atoms in total. The van der Waals surface area contributed by atoms with Gasteiger partial charge in [-0.1, -0.05) is 24.8 Å². The van der Waals surface area contributed by atoms with Gasteiger partial charge in [0.15, 0.2) is 0 Å². The molecule has 0 atom stereocenters. The molecule has 1 heterocycles. The van der Waals surface area contributed by atoms with Crippen LogP contribution in [0.5, 0.6) is 0 Å². The van der Waals surface area contributed by atoms with Gasteiger partial charge in [-0.3, -0.25) is 19.8 Å². The fourth-order valence-electron chi connectivity index (χ4n) is 1.03. The largest absolute Gasteiger partial charge is 0.270 e. The second kappa shape index (κ2) is 3.71. The van der Waals surface area contributed by atoms with Gasteiger partial charge in [0.05, 0.1) is 11.1 Å². The summed E-state index contributed by atoms with van der Waals surface area (Å²) in [6.45, 7) is 5.24. The van der Waals surface area contributed by atoms with Crippen molar-refractivity contribution in [2.45, 2.75) is 6.92 Å². The maximum atomic E-state index is 11.2. The molecule has 68 valence electrons. The molecule has 0 amide bonds. The van der Waals surface area contributed by atoms with Crippen molar-refractivity contribution in [2.75, 3.05) is 0 Å². The highest BCUT2D eigenvalue weighted by Gasteiger charge is 2.04. The van der Waals surface area contributed by atoms with Crippen LogP contribution in [0.15, 0.2) is 22.2 Å². The molecular formula is C9H10N2O2. The van der Waals surface area contributed by atoms with Crippen LogP contribution in [0, 0.1) is 0 Å². The molecule has 0 spiro atoms. The van der Waals surface area contributed by atoms with E-state index in [1.54, 1.807) is 19.1 Å². The second-order valence-electron chi connectivity index (χ2n) is 2.44. The molecule has 0 fully saturated rings. The Balaban J connectivity index is 3.62. The smallest absolute Gasteiger partial charge is 0.267 e. The van der Waals surface area contributed by atoms with Crippen molar-refractivity contribution in [3.63, 3.8) is 0 Å². The van der Waals surface area contributed by atoms with Gasteiger partial charge < -0.3 is 0 Å². The third kappa shape index (κ3) is 1.66. The van der Waals surface area contributed by atoms with Gasteiger partial charge in [-0.15, -0.1) is 0 Å². The topological polar surface area (TPSA) is 65.7 Å². The molecule has 4 heteroatoms. The maximum absolute atomic E-state index is 11.2. The Morgan fingerprint density at radius 2 is 1.69 bits per heavy atom. The fraction of sp³-hybridized carbons (Fsp3) is 0.111. The predicted octanol–water partition coefficient (Wildman–Crippen LogP) is 0.739. The summed E-state index contributed by atoms with van der Waals surface area (Å²) < 4.78 is 0. The quantitative estimate of drug-likeness (QED) is 0.701. The van der Waals surface area contributed by atoms with Gasteiger partial charge in [0, 0.05) is 0 Å². The van der Waals surface area contributed by atoms with E-state index in [-0.39, 0.29) is 11.1 Å². The molecule has 0 aliphatic heterocycles. The average Bonchev–Trinajstić information content (AvgIpc) is 2.12. The van der Waals surface area contributed by atoms with Crippen molar-refractivity contribution in [2.24, 2.45) is 0 Å². The van der Waals surface area contributed by atoms with Crippen molar-refractivity contribution >= 4 is 12.2 Å². The lowest BCUT2D eigenvalue weighted by Crippen LogP contribution is -2.23. The Morgan fingerprint density at radius 1 is 1.15 bits per heavy atom. The molecule has 1 aromatic heterocycles. The highest BCUT2D eigenvalue weighted by Crippen LogP contribution is 2.00. The van der Waals surface area contributed by atoms with Gasteiger partial charge in [0.2, 0.25) is 0 Å². The third-order valence-electron chi connectivity index (χ3n) is 1.61. The van der Waals surface area contributed by atoms with Crippen LogP contribution in [0.3, 0.4) is 0 Å². The van der Waals surface area contributed by atoms with Gasteiger partial charge >= 0.3 is 0 Å². The second-order valence-corrected chi connectivity index (χ2v) is 2.44. The molecule has 0 saturated heterocycles. The lowest BCUT2D eigenvalue weighted by molar-refractivity contribution is 0.942. The van der Waals surface area contributed by atoms with Crippen LogP contribution in [0.25, 0.3) is 12.2 Å². The predicted molar refractivity (Wildman–Crippen MR) is 52.5 cm³/mol. The van der Waals surface area contributed by atoms with Crippen LogP contribution in [-0.4, -0.2) is 10.2 Å². The minimum atomic E-state index is -0.345. The van der Waals surface area contributed by atoms with Crippen molar-refractivity contribution in [3.05, 3.63) is 44.5 Å². The average molecular weight is 178 g/mol. The first-order valence-corrected chi connectivity index (χ1v) is 3.80. The lowest BCUT2D eigenvalue weighted by Gasteiger charge is -1.96. The van der Waals surface area contributed by atoms with E-state index in [1.165, 1.54) is 6.08 Å². The highest BCUT2D eigenvalue weighted by molar-refractivity contribution is 5.62. The molecule has 0 radical (unpaired) electrons. The van der Waals surface area contributed by atoms with E-state index in [4.69, 9.17) is 0 Å². The summed E-state index contributed by atoms with van der Waals surface area (Å²) in [6, 6.07) is 0. The number of rotatable bonds is 2. The standard InChI is InChI=1S/C9H10N2O2/c1-3-5-7-6(4-2)8(12)10-11-9(7)13/h3-5H,2H2,1H3,(H,10,12)(H,11,13)/b5-3-. The zero-order chi connectivity index (χ0) is 9.84. The summed E-state index contributed by atoms with van der Waals surface area (Å²) in [7, 11) is 0. The molecule has 1 rings (SSSR count). The first kappa shape index (κ1) is 9.25. The van der Waals surface area contributed by atoms with Crippen LogP contribution in [0.2, 0.25) is 0 Å². The Labute approximate surface area is 74.6 Å². The third-order valence-corrected chi connectivity index (χ3v) is 1.61. The van der Waals surface area contributed by atoms with Gasteiger partial charge in [-0.25, -0.2) is 0 Å². The Bertz CT molecular complexity index is 451.